The quantitative estimate of drug-likeness (QED) is 0.937. The molecule has 1 heterocycles. The van der Waals surface area contributed by atoms with Crippen LogP contribution in [0.5, 0.6) is 0 Å². The molecule has 0 radical (unpaired) electrons. The molecule has 0 aliphatic carbocycles. The summed E-state index contributed by atoms with van der Waals surface area (Å²) in [6.45, 7) is 6.49. The Hall–Kier alpha value is -1.55. The van der Waals surface area contributed by atoms with Gasteiger partial charge in [-0.25, -0.2) is 0 Å². The highest BCUT2D eigenvalue weighted by Gasteiger charge is 2.20. The minimum atomic E-state index is -0.0727. The summed E-state index contributed by atoms with van der Waals surface area (Å²) in [7, 11) is 2.18. The molecule has 1 unspecified atom stereocenters. The Kier molecular flexibility index (Phi) is 6.05. The number of anilines is 1. The molecule has 0 aromatic heterocycles. The SMILES string of the molecule is Cc1ccc(C(N)c2ccccc2)c(N2CCN(C)CC2)c1.Cl. The zero-order valence-corrected chi connectivity index (χ0v) is 14.7. The molecule has 0 bridgehead atoms. The van der Waals surface area contributed by atoms with E-state index in [4.69, 9.17) is 5.73 Å². The minimum Gasteiger partial charge on any atom is -0.369 e. The third-order valence-corrected chi connectivity index (χ3v) is 4.52. The number of likely N-dealkylation sites (N-methyl/N-ethyl adjacent to an activating group) is 1. The maximum atomic E-state index is 6.56. The molecule has 3 nitrogen and oxygen atoms in total. The van der Waals surface area contributed by atoms with Crippen molar-refractivity contribution < 1.29 is 0 Å². The van der Waals surface area contributed by atoms with E-state index >= 15 is 0 Å². The van der Waals surface area contributed by atoms with Crippen molar-refractivity contribution >= 4 is 18.1 Å². The fourth-order valence-electron chi connectivity index (χ4n) is 3.08. The van der Waals surface area contributed by atoms with Crippen LogP contribution in [0.3, 0.4) is 0 Å². The van der Waals surface area contributed by atoms with E-state index < -0.39 is 0 Å². The lowest BCUT2D eigenvalue weighted by atomic mass is 9.96. The topological polar surface area (TPSA) is 32.5 Å². The van der Waals surface area contributed by atoms with Gasteiger partial charge >= 0.3 is 0 Å². The van der Waals surface area contributed by atoms with Crippen LogP contribution in [-0.2, 0) is 0 Å². The van der Waals surface area contributed by atoms with Crippen molar-refractivity contribution in [1.29, 1.82) is 0 Å². The monoisotopic (exact) mass is 331 g/mol. The summed E-state index contributed by atoms with van der Waals surface area (Å²) in [6, 6.07) is 16.9. The lowest BCUT2D eigenvalue weighted by molar-refractivity contribution is 0.312. The third-order valence-electron chi connectivity index (χ3n) is 4.52. The van der Waals surface area contributed by atoms with Gasteiger partial charge in [-0.15, -0.1) is 12.4 Å². The molecule has 1 aliphatic rings. The molecule has 1 atom stereocenters. The second-order valence-corrected chi connectivity index (χ2v) is 6.24. The van der Waals surface area contributed by atoms with Crippen LogP contribution in [-0.4, -0.2) is 38.1 Å². The number of piperazine rings is 1. The maximum absolute atomic E-state index is 6.56. The van der Waals surface area contributed by atoms with Crippen LogP contribution in [0.2, 0.25) is 0 Å². The molecular formula is C19H26ClN3. The zero-order chi connectivity index (χ0) is 15.5. The van der Waals surface area contributed by atoms with Gasteiger partial charge in [0, 0.05) is 31.9 Å². The number of aryl methyl sites for hydroxylation is 1. The van der Waals surface area contributed by atoms with Gasteiger partial charge in [-0.2, -0.15) is 0 Å². The molecule has 1 saturated heterocycles. The van der Waals surface area contributed by atoms with Gasteiger partial charge < -0.3 is 15.5 Å². The van der Waals surface area contributed by atoms with Crippen LogP contribution in [0.25, 0.3) is 0 Å². The lowest BCUT2D eigenvalue weighted by Gasteiger charge is -2.36. The minimum absolute atomic E-state index is 0. The van der Waals surface area contributed by atoms with Gasteiger partial charge in [0.2, 0.25) is 0 Å². The standard InChI is InChI=1S/C19H25N3.ClH/c1-15-8-9-17(19(20)16-6-4-3-5-7-16)18(14-15)22-12-10-21(2)11-13-22;/h3-9,14,19H,10-13,20H2,1-2H3;1H. The molecule has 2 aromatic rings. The maximum Gasteiger partial charge on any atom is 0.0572 e. The van der Waals surface area contributed by atoms with Crippen molar-refractivity contribution in [3.05, 3.63) is 65.2 Å². The largest absolute Gasteiger partial charge is 0.369 e. The van der Waals surface area contributed by atoms with Gasteiger partial charge in [0.25, 0.3) is 0 Å². The number of nitrogens with zero attached hydrogens (tertiary/aromatic N) is 2. The van der Waals surface area contributed by atoms with Gasteiger partial charge in [-0.3, -0.25) is 0 Å². The highest BCUT2D eigenvalue weighted by molar-refractivity contribution is 5.85. The summed E-state index contributed by atoms with van der Waals surface area (Å²) in [6.07, 6.45) is 0. The number of nitrogens with two attached hydrogens (primary N) is 1. The Bertz CT molecular complexity index is 622. The van der Waals surface area contributed by atoms with Gasteiger partial charge in [0.05, 0.1) is 6.04 Å². The zero-order valence-electron chi connectivity index (χ0n) is 13.9. The number of rotatable bonds is 3. The Morgan fingerprint density at radius 1 is 0.957 bits per heavy atom. The Labute approximate surface area is 145 Å². The van der Waals surface area contributed by atoms with Crippen molar-refractivity contribution in [1.82, 2.24) is 4.90 Å². The van der Waals surface area contributed by atoms with Gasteiger partial charge in [-0.1, -0.05) is 42.5 Å². The number of benzene rings is 2. The number of hydrogen-bond acceptors (Lipinski definition) is 3. The van der Waals surface area contributed by atoms with Gasteiger partial charge in [0.15, 0.2) is 0 Å². The summed E-state index contributed by atoms with van der Waals surface area (Å²) >= 11 is 0. The molecule has 2 N–H and O–H groups in total. The second kappa shape index (κ2) is 7.82. The van der Waals surface area contributed by atoms with E-state index in [1.165, 1.54) is 22.4 Å². The smallest absolute Gasteiger partial charge is 0.0572 e. The van der Waals surface area contributed by atoms with Crippen molar-refractivity contribution in [3.63, 3.8) is 0 Å². The molecule has 1 aliphatic heterocycles. The molecular weight excluding hydrogens is 306 g/mol. The molecule has 0 amide bonds. The molecule has 0 saturated carbocycles. The van der Waals surface area contributed by atoms with Crippen molar-refractivity contribution in [3.8, 4) is 0 Å². The molecule has 3 rings (SSSR count). The summed E-state index contributed by atoms with van der Waals surface area (Å²) in [4.78, 5) is 4.86. The number of hydrogen-bond donors (Lipinski definition) is 1. The highest BCUT2D eigenvalue weighted by Crippen LogP contribution is 2.30. The average molecular weight is 332 g/mol. The summed E-state index contributed by atoms with van der Waals surface area (Å²) in [5.74, 6) is 0. The van der Waals surface area contributed by atoms with Gasteiger partial charge in [-0.05, 0) is 36.7 Å². The number of halogens is 1. The Morgan fingerprint density at radius 2 is 1.61 bits per heavy atom. The first-order chi connectivity index (χ1) is 10.6. The van der Waals surface area contributed by atoms with Gasteiger partial charge in [0.1, 0.15) is 0 Å². The third kappa shape index (κ3) is 4.05. The van der Waals surface area contributed by atoms with Crippen LogP contribution >= 0.6 is 12.4 Å². The van der Waals surface area contributed by atoms with Crippen molar-refractivity contribution in [2.75, 3.05) is 38.1 Å². The lowest BCUT2D eigenvalue weighted by Crippen LogP contribution is -2.45. The first-order valence-corrected chi connectivity index (χ1v) is 8.00. The first-order valence-electron chi connectivity index (χ1n) is 8.00. The van der Waals surface area contributed by atoms with Crippen LogP contribution in [0.15, 0.2) is 48.5 Å². The van der Waals surface area contributed by atoms with Crippen LogP contribution in [0, 0.1) is 6.92 Å². The Morgan fingerprint density at radius 3 is 2.26 bits per heavy atom. The van der Waals surface area contributed by atoms with Crippen LogP contribution in [0.4, 0.5) is 5.69 Å². The van der Waals surface area contributed by atoms with E-state index in [0.717, 1.165) is 26.2 Å². The van der Waals surface area contributed by atoms with E-state index in [-0.39, 0.29) is 18.4 Å². The van der Waals surface area contributed by atoms with E-state index in [1.54, 1.807) is 0 Å². The molecule has 23 heavy (non-hydrogen) atoms. The second-order valence-electron chi connectivity index (χ2n) is 6.24. The van der Waals surface area contributed by atoms with Crippen LogP contribution < -0.4 is 10.6 Å². The van der Waals surface area contributed by atoms with E-state index in [1.807, 2.05) is 6.07 Å². The molecule has 4 heteroatoms. The van der Waals surface area contributed by atoms with Crippen molar-refractivity contribution in [2.45, 2.75) is 13.0 Å². The first kappa shape index (κ1) is 17.8. The average Bonchev–Trinajstić information content (AvgIpc) is 2.56. The van der Waals surface area contributed by atoms with Crippen molar-refractivity contribution in [2.24, 2.45) is 5.73 Å². The summed E-state index contributed by atoms with van der Waals surface area (Å²) in [5.41, 5.74) is 11.5. The van der Waals surface area contributed by atoms with E-state index in [0.29, 0.717) is 0 Å². The molecule has 2 aromatic carbocycles. The predicted molar refractivity (Wildman–Crippen MR) is 101 cm³/mol. The predicted octanol–water partition coefficient (Wildman–Crippen LogP) is 3.22. The summed E-state index contributed by atoms with van der Waals surface area (Å²) in [5, 5.41) is 0. The normalized spacial score (nSPS) is 16.7. The fourth-order valence-corrected chi connectivity index (χ4v) is 3.08. The van der Waals surface area contributed by atoms with E-state index in [2.05, 4.69) is 66.2 Å². The Balaban J connectivity index is 0.00000192. The molecule has 0 spiro atoms. The van der Waals surface area contributed by atoms with E-state index in [9.17, 15) is 0 Å². The molecule has 124 valence electrons. The highest BCUT2D eigenvalue weighted by atomic mass is 35.5. The fraction of sp³-hybridized carbons (Fsp3) is 0.368. The molecule has 1 fully saturated rings. The van der Waals surface area contributed by atoms with Crippen LogP contribution in [0.1, 0.15) is 22.7 Å². The summed E-state index contributed by atoms with van der Waals surface area (Å²) < 4.78 is 0.